The molecule has 0 aliphatic heterocycles. The molecule has 2 rings (SSSR count). The zero-order valence-electron chi connectivity index (χ0n) is 10.9. The number of rotatable bonds is 5. The maximum Gasteiger partial charge on any atom is 0.272 e. The first-order chi connectivity index (χ1) is 9.11. The second-order valence-electron chi connectivity index (χ2n) is 4.59. The van der Waals surface area contributed by atoms with Gasteiger partial charge in [-0.3, -0.25) is 9.89 Å². The van der Waals surface area contributed by atoms with Gasteiger partial charge in [-0.05, 0) is 24.1 Å². The summed E-state index contributed by atoms with van der Waals surface area (Å²) in [7, 11) is 0. The Balaban J connectivity index is 2.07. The van der Waals surface area contributed by atoms with Gasteiger partial charge in [-0.15, -0.1) is 0 Å². The van der Waals surface area contributed by atoms with E-state index in [4.69, 9.17) is 4.42 Å². The maximum absolute atomic E-state index is 12.0. The lowest BCUT2D eigenvalue weighted by molar-refractivity contribution is 0.0902. The number of hydrogen-bond donors (Lipinski definition) is 3. The van der Waals surface area contributed by atoms with Crippen LogP contribution in [-0.2, 0) is 0 Å². The summed E-state index contributed by atoms with van der Waals surface area (Å²) in [5, 5.41) is 18.7. The summed E-state index contributed by atoms with van der Waals surface area (Å²) in [4.78, 5) is 12.0. The van der Waals surface area contributed by atoms with Crippen LogP contribution in [0.15, 0.2) is 28.9 Å². The molecule has 1 unspecified atom stereocenters. The minimum atomic E-state index is -0.568. The minimum Gasteiger partial charge on any atom is -0.467 e. The quantitative estimate of drug-likeness (QED) is 0.764. The number of aliphatic hydroxyl groups excluding tert-OH is 1. The molecule has 2 aromatic heterocycles. The number of nitrogens with one attached hydrogen (secondary N) is 2. The van der Waals surface area contributed by atoms with Crippen LogP contribution in [0.25, 0.3) is 0 Å². The lowest BCUT2D eigenvalue weighted by Crippen LogP contribution is -2.30. The lowest BCUT2D eigenvalue weighted by atomic mass is 10.1. The van der Waals surface area contributed by atoms with Gasteiger partial charge in [-0.25, -0.2) is 0 Å². The van der Waals surface area contributed by atoms with Crippen molar-refractivity contribution in [1.29, 1.82) is 0 Å². The molecular formula is C13H17N3O3. The highest BCUT2D eigenvalue weighted by molar-refractivity contribution is 5.92. The number of carbonyl (C=O) groups excluding carboxylic acids is 1. The summed E-state index contributed by atoms with van der Waals surface area (Å²) < 4.78 is 5.16. The Kier molecular flexibility index (Phi) is 4.01. The van der Waals surface area contributed by atoms with E-state index >= 15 is 0 Å². The Labute approximate surface area is 110 Å². The number of aromatic amines is 1. The number of aliphatic hydroxyl groups is 1. The van der Waals surface area contributed by atoms with Gasteiger partial charge in [-0.2, -0.15) is 5.10 Å². The topological polar surface area (TPSA) is 91.2 Å². The van der Waals surface area contributed by atoms with Crippen molar-refractivity contribution in [3.05, 3.63) is 41.6 Å². The molecule has 0 spiro atoms. The highest BCUT2D eigenvalue weighted by Crippen LogP contribution is 2.15. The van der Waals surface area contributed by atoms with E-state index in [0.717, 1.165) is 5.69 Å². The van der Waals surface area contributed by atoms with E-state index in [2.05, 4.69) is 15.5 Å². The Bertz CT molecular complexity index is 531. The van der Waals surface area contributed by atoms with Crippen molar-refractivity contribution in [3.8, 4) is 0 Å². The summed E-state index contributed by atoms with van der Waals surface area (Å²) in [6.07, 6.45) is 1.50. The Hall–Kier alpha value is -2.08. The van der Waals surface area contributed by atoms with E-state index in [9.17, 15) is 9.90 Å². The van der Waals surface area contributed by atoms with Crippen LogP contribution in [0.2, 0.25) is 0 Å². The smallest absolute Gasteiger partial charge is 0.272 e. The van der Waals surface area contributed by atoms with Crippen molar-refractivity contribution in [2.75, 3.05) is 6.61 Å². The average Bonchev–Trinajstić information content (AvgIpc) is 3.05. The molecule has 1 amide bonds. The van der Waals surface area contributed by atoms with Gasteiger partial charge < -0.3 is 14.8 Å². The first-order valence-electron chi connectivity index (χ1n) is 6.12. The van der Waals surface area contributed by atoms with Gasteiger partial charge in [0.1, 0.15) is 17.5 Å². The molecule has 2 aromatic rings. The van der Waals surface area contributed by atoms with E-state index in [1.807, 2.05) is 13.8 Å². The molecule has 0 radical (unpaired) electrons. The predicted octanol–water partition coefficient (Wildman–Crippen LogP) is 1.59. The van der Waals surface area contributed by atoms with Crippen molar-refractivity contribution in [1.82, 2.24) is 15.5 Å². The summed E-state index contributed by atoms with van der Waals surface area (Å²) in [6, 6.07) is 4.54. The third kappa shape index (κ3) is 3.03. The summed E-state index contributed by atoms with van der Waals surface area (Å²) >= 11 is 0. The third-order valence-electron chi connectivity index (χ3n) is 2.83. The fourth-order valence-corrected chi connectivity index (χ4v) is 1.68. The number of furan rings is 1. The largest absolute Gasteiger partial charge is 0.467 e. The number of amides is 1. The van der Waals surface area contributed by atoms with Crippen LogP contribution in [0.1, 0.15) is 47.7 Å². The van der Waals surface area contributed by atoms with Crippen molar-refractivity contribution < 1.29 is 14.3 Å². The monoisotopic (exact) mass is 263 g/mol. The van der Waals surface area contributed by atoms with Crippen LogP contribution in [-0.4, -0.2) is 27.8 Å². The Morgan fingerprint density at radius 1 is 1.58 bits per heavy atom. The van der Waals surface area contributed by atoms with Gasteiger partial charge in [0.15, 0.2) is 0 Å². The SMILES string of the molecule is CC(C)c1cc(C(=O)NC(CO)c2ccco2)n[nH]1. The molecule has 6 heteroatoms. The van der Waals surface area contributed by atoms with E-state index in [1.54, 1.807) is 18.2 Å². The van der Waals surface area contributed by atoms with Gasteiger partial charge in [-0.1, -0.05) is 13.8 Å². The van der Waals surface area contributed by atoms with Crippen LogP contribution in [0.4, 0.5) is 0 Å². The number of carbonyl (C=O) groups is 1. The predicted molar refractivity (Wildman–Crippen MR) is 68.7 cm³/mol. The molecule has 19 heavy (non-hydrogen) atoms. The molecule has 3 N–H and O–H groups in total. The molecule has 0 bridgehead atoms. The number of nitrogens with zero attached hydrogens (tertiary/aromatic N) is 1. The van der Waals surface area contributed by atoms with Crippen molar-refractivity contribution in [3.63, 3.8) is 0 Å². The van der Waals surface area contributed by atoms with Crippen molar-refractivity contribution in [2.45, 2.75) is 25.8 Å². The van der Waals surface area contributed by atoms with Crippen LogP contribution in [0.5, 0.6) is 0 Å². The van der Waals surface area contributed by atoms with Gasteiger partial charge >= 0.3 is 0 Å². The summed E-state index contributed by atoms with van der Waals surface area (Å²) in [5.41, 5.74) is 1.19. The fraction of sp³-hybridized carbons (Fsp3) is 0.385. The van der Waals surface area contributed by atoms with Gasteiger partial charge in [0.2, 0.25) is 0 Å². The van der Waals surface area contributed by atoms with E-state index in [1.165, 1.54) is 6.26 Å². The molecule has 0 aliphatic carbocycles. The maximum atomic E-state index is 12.0. The Morgan fingerprint density at radius 2 is 2.37 bits per heavy atom. The van der Waals surface area contributed by atoms with E-state index in [0.29, 0.717) is 11.5 Å². The molecular weight excluding hydrogens is 246 g/mol. The fourth-order valence-electron chi connectivity index (χ4n) is 1.68. The zero-order chi connectivity index (χ0) is 13.8. The van der Waals surface area contributed by atoms with Crippen LogP contribution in [0, 0.1) is 0 Å². The molecule has 0 aliphatic rings. The minimum absolute atomic E-state index is 0.235. The highest BCUT2D eigenvalue weighted by Gasteiger charge is 2.19. The lowest BCUT2D eigenvalue weighted by Gasteiger charge is -2.12. The van der Waals surface area contributed by atoms with Crippen molar-refractivity contribution >= 4 is 5.91 Å². The standard InChI is InChI=1S/C13H17N3O3/c1-8(2)9-6-10(16-15-9)13(18)14-11(7-17)12-4-3-5-19-12/h3-6,8,11,17H,7H2,1-2H3,(H,14,18)(H,15,16). The highest BCUT2D eigenvalue weighted by atomic mass is 16.3. The average molecular weight is 263 g/mol. The van der Waals surface area contributed by atoms with Gasteiger partial charge in [0, 0.05) is 5.69 Å². The van der Waals surface area contributed by atoms with E-state index < -0.39 is 6.04 Å². The van der Waals surface area contributed by atoms with E-state index in [-0.39, 0.29) is 18.4 Å². The van der Waals surface area contributed by atoms with Crippen molar-refractivity contribution in [2.24, 2.45) is 0 Å². The second kappa shape index (κ2) is 5.71. The molecule has 6 nitrogen and oxygen atoms in total. The molecule has 0 aromatic carbocycles. The molecule has 0 saturated carbocycles. The molecule has 0 fully saturated rings. The second-order valence-corrected chi connectivity index (χ2v) is 4.59. The van der Waals surface area contributed by atoms with Crippen LogP contribution in [0.3, 0.4) is 0 Å². The Morgan fingerprint density at radius 3 is 2.89 bits per heavy atom. The van der Waals surface area contributed by atoms with Gasteiger partial charge in [0.05, 0.1) is 12.9 Å². The number of hydrogen-bond acceptors (Lipinski definition) is 4. The third-order valence-corrected chi connectivity index (χ3v) is 2.83. The first kappa shape index (κ1) is 13.4. The molecule has 0 saturated heterocycles. The molecule has 1 atom stereocenters. The number of H-pyrrole nitrogens is 1. The van der Waals surface area contributed by atoms with Crippen LogP contribution >= 0.6 is 0 Å². The van der Waals surface area contributed by atoms with Crippen LogP contribution < -0.4 is 5.32 Å². The normalized spacial score (nSPS) is 12.6. The zero-order valence-corrected chi connectivity index (χ0v) is 10.9. The number of aromatic nitrogens is 2. The molecule has 102 valence electrons. The summed E-state index contributed by atoms with van der Waals surface area (Å²) in [5.74, 6) is 0.432. The molecule has 2 heterocycles. The first-order valence-corrected chi connectivity index (χ1v) is 6.12. The summed E-state index contributed by atoms with van der Waals surface area (Å²) in [6.45, 7) is 3.78. The van der Waals surface area contributed by atoms with Gasteiger partial charge in [0.25, 0.3) is 5.91 Å².